The van der Waals surface area contributed by atoms with Crippen molar-refractivity contribution >= 4 is 34.2 Å². The van der Waals surface area contributed by atoms with Crippen molar-refractivity contribution in [1.29, 1.82) is 0 Å². The van der Waals surface area contributed by atoms with Crippen molar-refractivity contribution in [3.63, 3.8) is 0 Å². The fourth-order valence-electron chi connectivity index (χ4n) is 0.669. The van der Waals surface area contributed by atoms with Crippen molar-refractivity contribution in [2.75, 3.05) is 0 Å². The first-order valence-electron chi connectivity index (χ1n) is 2.64. The van der Waals surface area contributed by atoms with E-state index in [1.807, 2.05) is 22.6 Å². The molecule has 0 atom stereocenters. The molecule has 1 heterocycles. The summed E-state index contributed by atoms with van der Waals surface area (Å²) >= 11 is 7.78. The average Bonchev–Trinajstić information content (AvgIpc) is 2.09. The van der Waals surface area contributed by atoms with E-state index in [1.165, 1.54) is 0 Å². The van der Waals surface area contributed by atoms with E-state index in [9.17, 15) is 0 Å². The molecule has 0 spiro atoms. The Labute approximate surface area is 77.1 Å². The van der Waals surface area contributed by atoms with Crippen molar-refractivity contribution < 1.29 is 5.11 Å². The maximum Gasteiger partial charge on any atom is 0.142 e. The average molecular weight is 272 g/mol. The fourth-order valence-corrected chi connectivity index (χ4v) is 1.52. The molecule has 0 aromatic carbocycles. The molecule has 0 unspecified atom stereocenters. The first-order chi connectivity index (χ1) is 4.66. The van der Waals surface area contributed by atoms with Gasteiger partial charge in [0, 0.05) is 7.05 Å². The van der Waals surface area contributed by atoms with Crippen LogP contribution in [0.2, 0.25) is 5.02 Å². The molecule has 0 aliphatic rings. The van der Waals surface area contributed by atoms with Gasteiger partial charge in [0.25, 0.3) is 0 Å². The van der Waals surface area contributed by atoms with Gasteiger partial charge in [-0.25, -0.2) is 0 Å². The minimum Gasteiger partial charge on any atom is -0.390 e. The molecule has 10 heavy (non-hydrogen) atoms. The van der Waals surface area contributed by atoms with Crippen LogP contribution in [0.25, 0.3) is 0 Å². The molecule has 0 aliphatic heterocycles. The quantitative estimate of drug-likeness (QED) is 0.780. The Bertz CT molecular complexity index is 248. The Kier molecular flexibility index (Phi) is 2.54. The third-order valence-corrected chi connectivity index (χ3v) is 2.68. The minimum absolute atomic E-state index is 0.0642. The topological polar surface area (TPSA) is 38.0 Å². The number of rotatable bonds is 1. The van der Waals surface area contributed by atoms with Crippen LogP contribution in [0.3, 0.4) is 0 Å². The predicted octanol–water partition coefficient (Wildman–Crippen LogP) is 1.17. The van der Waals surface area contributed by atoms with Gasteiger partial charge in [-0.15, -0.1) is 0 Å². The number of hydrogen-bond donors (Lipinski definition) is 1. The summed E-state index contributed by atoms with van der Waals surface area (Å²) in [7, 11) is 1.75. The van der Waals surface area contributed by atoms with Gasteiger partial charge >= 0.3 is 0 Å². The van der Waals surface area contributed by atoms with Crippen LogP contribution >= 0.6 is 34.2 Å². The summed E-state index contributed by atoms with van der Waals surface area (Å²) in [5.41, 5.74) is 0.658. The highest BCUT2D eigenvalue weighted by atomic mass is 127. The Hall–Kier alpha value is 0.190. The van der Waals surface area contributed by atoms with E-state index in [0.717, 1.165) is 3.70 Å². The summed E-state index contributed by atoms with van der Waals surface area (Å²) in [5, 5.41) is 13.3. The Morgan fingerprint density at radius 2 is 2.40 bits per heavy atom. The van der Waals surface area contributed by atoms with Crippen LogP contribution in [0, 0.1) is 3.70 Å². The van der Waals surface area contributed by atoms with Crippen LogP contribution < -0.4 is 0 Å². The zero-order valence-electron chi connectivity index (χ0n) is 5.30. The van der Waals surface area contributed by atoms with E-state index < -0.39 is 0 Å². The van der Waals surface area contributed by atoms with Crippen LogP contribution in [-0.2, 0) is 13.7 Å². The van der Waals surface area contributed by atoms with Crippen LogP contribution in [0.1, 0.15) is 5.69 Å². The molecule has 1 N–H and O–H groups in total. The maximum atomic E-state index is 8.76. The van der Waals surface area contributed by atoms with Crippen LogP contribution in [-0.4, -0.2) is 14.9 Å². The number of hydrogen-bond acceptors (Lipinski definition) is 2. The van der Waals surface area contributed by atoms with E-state index in [4.69, 9.17) is 16.7 Å². The molecular weight excluding hydrogens is 266 g/mol. The lowest BCUT2D eigenvalue weighted by molar-refractivity contribution is 0.270. The molecule has 3 nitrogen and oxygen atoms in total. The smallest absolute Gasteiger partial charge is 0.142 e. The van der Waals surface area contributed by atoms with Gasteiger partial charge in [-0.3, -0.25) is 4.68 Å². The number of nitrogens with zero attached hydrogens (tertiary/aromatic N) is 2. The van der Waals surface area contributed by atoms with Crippen molar-refractivity contribution in [2.24, 2.45) is 7.05 Å². The lowest BCUT2D eigenvalue weighted by Crippen LogP contribution is -1.97. The Balaban J connectivity index is 3.20. The minimum atomic E-state index is -0.0642. The van der Waals surface area contributed by atoms with Gasteiger partial charge in [-0.1, -0.05) is 11.6 Å². The van der Waals surface area contributed by atoms with E-state index in [2.05, 4.69) is 5.10 Å². The molecule has 0 radical (unpaired) electrons. The van der Waals surface area contributed by atoms with Gasteiger partial charge in [0.05, 0.1) is 17.3 Å². The van der Waals surface area contributed by atoms with Gasteiger partial charge in [-0.05, 0) is 22.6 Å². The number of halogens is 2. The summed E-state index contributed by atoms with van der Waals surface area (Å²) in [6, 6.07) is 0. The van der Waals surface area contributed by atoms with Crippen molar-refractivity contribution in [3.8, 4) is 0 Å². The number of aromatic nitrogens is 2. The molecule has 1 aromatic heterocycles. The number of aryl methyl sites for hydroxylation is 1. The zero-order valence-corrected chi connectivity index (χ0v) is 8.22. The maximum absolute atomic E-state index is 8.76. The van der Waals surface area contributed by atoms with Crippen molar-refractivity contribution in [3.05, 3.63) is 14.4 Å². The molecule has 0 bridgehead atoms. The molecule has 0 fully saturated rings. The molecule has 1 aromatic rings. The first kappa shape index (κ1) is 8.29. The van der Waals surface area contributed by atoms with E-state index in [0.29, 0.717) is 10.7 Å². The lowest BCUT2D eigenvalue weighted by atomic mass is 10.4. The third-order valence-electron chi connectivity index (χ3n) is 1.21. The van der Waals surface area contributed by atoms with Crippen molar-refractivity contribution in [2.45, 2.75) is 6.61 Å². The van der Waals surface area contributed by atoms with Crippen molar-refractivity contribution in [1.82, 2.24) is 9.78 Å². The van der Waals surface area contributed by atoms with Crippen LogP contribution in [0.4, 0.5) is 0 Å². The van der Waals surface area contributed by atoms with E-state index in [1.54, 1.807) is 11.7 Å². The van der Waals surface area contributed by atoms with Crippen LogP contribution in [0.15, 0.2) is 0 Å². The monoisotopic (exact) mass is 272 g/mol. The number of aliphatic hydroxyl groups is 1. The Morgan fingerprint density at radius 1 is 1.80 bits per heavy atom. The second-order valence-electron chi connectivity index (χ2n) is 1.83. The summed E-state index contributed by atoms with van der Waals surface area (Å²) < 4.78 is 2.30. The highest BCUT2D eigenvalue weighted by Crippen LogP contribution is 2.21. The molecule has 56 valence electrons. The lowest BCUT2D eigenvalue weighted by Gasteiger charge is -1.94. The molecule has 0 aliphatic carbocycles. The molecule has 0 saturated carbocycles. The summed E-state index contributed by atoms with van der Waals surface area (Å²) in [6.45, 7) is -0.0642. The van der Waals surface area contributed by atoms with Gasteiger partial charge in [-0.2, -0.15) is 5.10 Å². The fraction of sp³-hybridized carbons (Fsp3) is 0.400. The Morgan fingerprint density at radius 3 is 2.60 bits per heavy atom. The standard InChI is InChI=1S/C5H6ClIN2O/c1-9-3(2-10)4(6)5(7)8-9/h10H,2H2,1H3. The summed E-state index contributed by atoms with van der Waals surface area (Å²) in [5.74, 6) is 0. The third kappa shape index (κ3) is 1.28. The van der Waals surface area contributed by atoms with Gasteiger partial charge in [0.1, 0.15) is 3.70 Å². The van der Waals surface area contributed by atoms with Gasteiger partial charge in [0.2, 0.25) is 0 Å². The summed E-state index contributed by atoms with van der Waals surface area (Å²) in [6.07, 6.45) is 0. The predicted molar refractivity (Wildman–Crippen MR) is 46.9 cm³/mol. The first-order valence-corrected chi connectivity index (χ1v) is 4.10. The van der Waals surface area contributed by atoms with E-state index in [-0.39, 0.29) is 6.61 Å². The van der Waals surface area contributed by atoms with Gasteiger partial charge < -0.3 is 5.11 Å². The summed E-state index contributed by atoms with van der Waals surface area (Å²) in [4.78, 5) is 0. The second kappa shape index (κ2) is 3.06. The SMILES string of the molecule is Cn1nc(I)c(Cl)c1CO. The second-order valence-corrected chi connectivity index (χ2v) is 3.23. The highest BCUT2D eigenvalue weighted by molar-refractivity contribution is 14.1. The normalized spacial score (nSPS) is 10.4. The molecular formula is C5H6ClIN2O. The van der Waals surface area contributed by atoms with Crippen LogP contribution in [0.5, 0.6) is 0 Å². The zero-order chi connectivity index (χ0) is 7.72. The van der Waals surface area contributed by atoms with E-state index >= 15 is 0 Å². The largest absolute Gasteiger partial charge is 0.390 e. The highest BCUT2D eigenvalue weighted by Gasteiger charge is 2.09. The molecule has 0 amide bonds. The number of aliphatic hydroxyl groups excluding tert-OH is 1. The molecule has 0 saturated heterocycles. The molecule has 5 heteroatoms. The van der Waals surface area contributed by atoms with Gasteiger partial charge in [0.15, 0.2) is 0 Å². The molecule has 1 rings (SSSR count).